The summed E-state index contributed by atoms with van der Waals surface area (Å²) in [6.07, 6.45) is 5.71. The van der Waals surface area contributed by atoms with Crippen LogP contribution in [0.5, 0.6) is 0 Å². The van der Waals surface area contributed by atoms with Gasteiger partial charge in [0.1, 0.15) is 6.26 Å². The molecule has 0 saturated carbocycles. The van der Waals surface area contributed by atoms with E-state index >= 15 is 0 Å². The normalized spacial score (nSPS) is 16.7. The first-order valence-corrected chi connectivity index (χ1v) is 9.18. The molecule has 1 N–H and O–H groups in total. The number of nitrogens with zero attached hydrogens (tertiary/aromatic N) is 6. The molecule has 0 aliphatic carbocycles. The zero-order valence-corrected chi connectivity index (χ0v) is 14.9. The first-order valence-electron chi connectivity index (χ1n) is 8.30. The molecule has 0 amide bonds. The van der Waals surface area contributed by atoms with Crippen LogP contribution in [-0.4, -0.2) is 63.5 Å². The van der Waals surface area contributed by atoms with Crippen LogP contribution in [0.4, 0.5) is 0 Å². The molecule has 4 rings (SSSR count). The van der Waals surface area contributed by atoms with Gasteiger partial charge in [-0.3, -0.25) is 14.3 Å². The van der Waals surface area contributed by atoms with Gasteiger partial charge in [0.15, 0.2) is 10.9 Å². The van der Waals surface area contributed by atoms with Crippen LogP contribution in [0.3, 0.4) is 0 Å². The van der Waals surface area contributed by atoms with Crippen molar-refractivity contribution in [3.05, 3.63) is 41.5 Å². The minimum Gasteiger partial charge on any atom is -0.364 e. The van der Waals surface area contributed by atoms with Crippen molar-refractivity contribution in [1.82, 2.24) is 29.7 Å². The molecule has 9 heteroatoms. The van der Waals surface area contributed by atoms with Crippen LogP contribution in [0.25, 0.3) is 4.96 Å². The van der Waals surface area contributed by atoms with Crippen LogP contribution in [-0.2, 0) is 13.1 Å². The number of nitrogens with one attached hydrogen (secondary N) is 1. The minimum absolute atomic E-state index is 0.681. The highest BCUT2D eigenvalue weighted by Gasteiger charge is 2.20. The first-order chi connectivity index (χ1) is 12.3. The maximum atomic E-state index is 4.90. The SMILES string of the molecule is CN=C(NCc1cn2ccsc2n1)N1CCN(Cc2ccon2)CC1. The van der Waals surface area contributed by atoms with Gasteiger partial charge in [0.25, 0.3) is 0 Å². The molecule has 1 aliphatic rings. The van der Waals surface area contributed by atoms with E-state index in [2.05, 4.69) is 36.4 Å². The van der Waals surface area contributed by atoms with Crippen molar-refractivity contribution in [3.63, 3.8) is 0 Å². The summed E-state index contributed by atoms with van der Waals surface area (Å²) in [5.41, 5.74) is 2.01. The van der Waals surface area contributed by atoms with E-state index in [0.29, 0.717) is 6.54 Å². The highest BCUT2D eigenvalue weighted by atomic mass is 32.1. The van der Waals surface area contributed by atoms with Crippen LogP contribution >= 0.6 is 11.3 Å². The smallest absolute Gasteiger partial charge is 0.194 e. The van der Waals surface area contributed by atoms with Gasteiger partial charge < -0.3 is 14.7 Å². The summed E-state index contributed by atoms with van der Waals surface area (Å²) in [4.78, 5) is 14.7. The predicted octanol–water partition coefficient (Wildman–Crippen LogP) is 1.28. The summed E-state index contributed by atoms with van der Waals surface area (Å²) < 4.78 is 6.95. The Morgan fingerprint density at radius 3 is 2.92 bits per heavy atom. The third kappa shape index (κ3) is 3.67. The maximum Gasteiger partial charge on any atom is 0.194 e. The fraction of sp³-hybridized carbons (Fsp3) is 0.438. The predicted molar refractivity (Wildman–Crippen MR) is 96.6 cm³/mol. The largest absolute Gasteiger partial charge is 0.364 e. The van der Waals surface area contributed by atoms with Gasteiger partial charge in [0.2, 0.25) is 0 Å². The number of aliphatic imine (C=N–C) groups is 1. The number of piperazine rings is 1. The summed E-state index contributed by atoms with van der Waals surface area (Å²) >= 11 is 1.64. The van der Waals surface area contributed by atoms with Gasteiger partial charge in [0.05, 0.1) is 17.9 Å². The fourth-order valence-corrected chi connectivity index (χ4v) is 3.75. The average Bonchev–Trinajstić information content (AvgIpc) is 3.34. The molecule has 0 unspecified atom stereocenters. The Kier molecular flexibility index (Phi) is 4.66. The van der Waals surface area contributed by atoms with Gasteiger partial charge in [-0.1, -0.05) is 5.16 Å². The van der Waals surface area contributed by atoms with Gasteiger partial charge in [-0.15, -0.1) is 11.3 Å². The summed E-state index contributed by atoms with van der Waals surface area (Å²) in [6.45, 7) is 5.36. The first kappa shape index (κ1) is 16.1. The molecule has 0 radical (unpaired) electrons. The molecule has 0 spiro atoms. The minimum atomic E-state index is 0.681. The van der Waals surface area contributed by atoms with Crippen molar-refractivity contribution < 1.29 is 4.52 Å². The molecule has 25 heavy (non-hydrogen) atoms. The van der Waals surface area contributed by atoms with Crippen LogP contribution in [0.1, 0.15) is 11.4 Å². The molecule has 8 nitrogen and oxygen atoms in total. The Bertz CT molecular complexity index is 801. The Labute approximate surface area is 149 Å². The van der Waals surface area contributed by atoms with Gasteiger partial charge in [-0.25, -0.2) is 4.98 Å². The molecule has 1 saturated heterocycles. The van der Waals surface area contributed by atoms with E-state index in [1.807, 2.05) is 29.1 Å². The van der Waals surface area contributed by atoms with Crippen molar-refractivity contribution >= 4 is 22.3 Å². The lowest BCUT2D eigenvalue weighted by Gasteiger charge is -2.36. The second kappa shape index (κ2) is 7.24. The van der Waals surface area contributed by atoms with E-state index in [-0.39, 0.29) is 0 Å². The van der Waals surface area contributed by atoms with Gasteiger partial charge in [0, 0.05) is 63.6 Å². The molecule has 4 heterocycles. The van der Waals surface area contributed by atoms with Gasteiger partial charge in [-0.2, -0.15) is 0 Å². The molecular weight excluding hydrogens is 338 g/mol. The monoisotopic (exact) mass is 359 g/mol. The molecule has 1 aliphatic heterocycles. The highest BCUT2D eigenvalue weighted by Crippen LogP contribution is 2.11. The maximum absolute atomic E-state index is 4.90. The van der Waals surface area contributed by atoms with Crippen LogP contribution in [0.2, 0.25) is 0 Å². The van der Waals surface area contributed by atoms with Crippen LogP contribution in [0, 0.1) is 0 Å². The number of aromatic nitrogens is 3. The number of hydrogen-bond donors (Lipinski definition) is 1. The van der Waals surface area contributed by atoms with E-state index in [4.69, 9.17) is 4.52 Å². The topological polar surface area (TPSA) is 74.2 Å². The second-order valence-electron chi connectivity index (χ2n) is 5.98. The Morgan fingerprint density at radius 1 is 1.32 bits per heavy atom. The molecule has 0 bridgehead atoms. The Morgan fingerprint density at radius 2 is 2.20 bits per heavy atom. The Balaban J connectivity index is 1.29. The molecule has 132 valence electrons. The molecule has 3 aromatic rings. The van der Waals surface area contributed by atoms with Crippen LogP contribution < -0.4 is 5.32 Å². The number of imidazole rings is 1. The van der Waals surface area contributed by atoms with E-state index in [1.165, 1.54) is 0 Å². The summed E-state index contributed by atoms with van der Waals surface area (Å²) in [7, 11) is 1.83. The number of fused-ring (bicyclic) bond motifs is 1. The third-order valence-corrected chi connectivity index (χ3v) is 5.10. The van der Waals surface area contributed by atoms with Crippen molar-refractivity contribution in [2.24, 2.45) is 4.99 Å². The number of thiazole rings is 1. The van der Waals surface area contributed by atoms with E-state index in [0.717, 1.165) is 55.0 Å². The Hall–Kier alpha value is -2.39. The van der Waals surface area contributed by atoms with E-state index in [1.54, 1.807) is 17.6 Å². The van der Waals surface area contributed by atoms with Gasteiger partial charge in [-0.05, 0) is 0 Å². The van der Waals surface area contributed by atoms with E-state index in [9.17, 15) is 0 Å². The highest BCUT2D eigenvalue weighted by molar-refractivity contribution is 7.15. The molecule has 0 aromatic carbocycles. The standard InChI is InChI=1S/C16H21N7OS/c1-17-15(18-10-14-12-23-7-9-25-16(23)19-14)22-5-3-21(4-6-22)11-13-2-8-24-20-13/h2,7-9,12H,3-6,10-11H2,1H3,(H,17,18). The van der Waals surface area contributed by atoms with Crippen molar-refractivity contribution in [2.45, 2.75) is 13.1 Å². The summed E-state index contributed by atoms with van der Waals surface area (Å²) in [5, 5.41) is 9.45. The van der Waals surface area contributed by atoms with Crippen molar-refractivity contribution in [1.29, 1.82) is 0 Å². The zero-order valence-electron chi connectivity index (χ0n) is 14.1. The quantitative estimate of drug-likeness (QED) is 0.559. The lowest BCUT2D eigenvalue weighted by molar-refractivity contribution is 0.169. The number of rotatable bonds is 4. The number of hydrogen-bond acceptors (Lipinski definition) is 6. The molecule has 1 fully saturated rings. The zero-order chi connectivity index (χ0) is 17.1. The molecule has 0 atom stereocenters. The summed E-state index contributed by atoms with van der Waals surface area (Å²) in [6, 6.07) is 1.92. The van der Waals surface area contributed by atoms with Crippen molar-refractivity contribution in [3.8, 4) is 0 Å². The fourth-order valence-electron chi connectivity index (χ4n) is 3.03. The molecular formula is C16H21N7OS. The second-order valence-corrected chi connectivity index (χ2v) is 6.85. The van der Waals surface area contributed by atoms with E-state index < -0.39 is 0 Å². The lowest BCUT2D eigenvalue weighted by atomic mass is 10.3. The molecule has 3 aromatic heterocycles. The third-order valence-electron chi connectivity index (χ3n) is 4.33. The van der Waals surface area contributed by atoms with Crippen LogP contribution in [0.15, 0.2) is 39.6 Å². The van der Waals surface area contributed by atoms with Gasteiger partial charge >= 0.3 is 0 Å². The lowest BCUT2D eigenvalue weighted by Crippen LogP contribution is -2.52. The number of guanidine groups is 1. The van der Waals surface area contributed by atoms with Crippen molar-refractivity contribution in [2.75, 3.05) is 33.2 Å². The summed E-state index contributed by atoms with van der Waals surface area (Å²) in [5.74, 6) is 0.928. The average molecular weight is 359 g/mol.